The molecule has 2 aliphatic heterocycles. The van der Waals surface area contributed by atoms with E-state index in [0.29, 0.717) is 45.3 Å². The minimum absolute atomic E-state index is 0.0172. The molecular weight excluding hydrogens is 648 g/mol. The summed E-state index contributed by atoms with van der Waals surface area (Å²) in [6.07, 6.45) is 8.25. The van der Waals surface area contributed by atoms with Gasteiger partial charge in [-0.1, -0.05) is 61.3 Å². The second kappa shape index (κ2) is 18.3. The number of piperidine rings is 1. The topological polar surface area (TPSA) is 157 Å². The first-order chi connectivity index (χ1) is 23.8. The van der Waals surface area contributed by atoms with Crippen molar-refractivity contribution in [2.24, 2.45) is 16.7 Å². The van der Waals surface area contributed by atoms with Crippen molar-refractivity contribution in [1.29, 1.82) is 0 Å². The minimum atomic E-state index is -0.967. The van der Waals surface area contributed by atoms with E-state index in [0.717, 1.165) is 37.7 Å². The number of unbranched alkanes of at least 4 members (excludes halogenated alkanes) is 1. The maximum absolute atomic E-state index is 14.1. The number of rotatable bonds is 16. The van der Waals surface area contributed by atoms with Crippen molar-refractivity contribution < 1.29 is 28.8 Å². The van der Waals surface area contributed by atoms with E-state index in [1.807, 2.05) is 78.2 Å². The van der Waals surface area contributed by atoms with Crippen molar-refractivity contribution in [3.63, 3.8) is 0 Å². The number of carbonyl (C=O) groups is 6. The number of likely N-dealkylation sites (tertiary alicyclic amines) is 2. The molecular formula is C39H64N6O6. The Morgan fingerprint density at radius 1 is 0.922 bits per heavy atom. The zero-order valence-corrected chi connectivity index (χ0v) is 32.6. The van der Waals surface area contributed by atoms with E-state index in [-0.39, 0.29) is 41.7 Å². The molecule has 51 heavy (non-hydrogen) atoms. The summed E-state index contributed by atoms with van der Waals surface area (Å²) in [6, 6.07) is -3.44. The Hall–Kier alpha value is -3.50. The summed E-state index contributed by atoms with van der Waals surface area (Å²) in [5.41, 5.74) is 3.16. The predicted molar refractivity (Wildman–Crippen MR) is 198 cm³/mol. The molecule has 0 aromatic rings. The lowest BCUT2D eigenvalue weighted by Gasteiger charge is -2.38. The van der Waals surface area contributed by atoms with Crippen LogP contribution in [0.4, 0.5) is 4.79 Å². The number of nitrogens with one attached hydrogen (secondary N) is 4. The first kappa shape index (κ1) is 41.9. The van der Waals surface area contributed by atoms with E-state index in [4.69, 9.17) is 0 Å². The fourth-order valence-electron chi connectivity index (χ4n) is 6.66. The van der Waals surface area contributed by atoms with Gasteiger partial charge in [-0.25, -0.2) is 4.79 Å². The van der Waals surface area contributed by atoms with Crippen LogP contribution in [0.15, 0.2) is 17.4 Å². The first-order valence-electron chi connectivity index (χ1n) is 19.0. The van der Waals surface area contributed by atoms with E-state index < -0.39 is 47.2 Å². The van der Waals surface area contributed by atoms with Crippen molar-refractivity contribution in [1.82, 2.24) is 31.1 Å². The highest BCUT2D eigenvalue weighted by atomic mass is 16.2. The third kappa shape index (κ3) is 12.9. The van der Waals surface area contributed by atoms with Crippen LogP contribution >= 0.6 is 0 Å². The summed E-state index contributed by atoms with van der Waals surface area (Å²) < 4.78 is 0. The lowest BCUT2D eigenvalue weighted by atomic mass is 9.83. The molecule has 0 aromatic carbocycles. The summed E-state index contributed by atoms with van der Waals surface area (Å²) in [6.45, 7) is 18.9. The van der Waals surface area contributed by atoms with Gasteiger partial charge in [-0.05, 0) is 74.9 Å². The number of carbonyl (C=O) groups excluding carboxylic acids is 6. The molecule has 3 rings (SSSR count). The third-order valence-corrected chi connectivity index (χ3v) is 10.0. The molecule has 1 aliphatic carbocycles. The molecule has 286 valence electrons. The lowest BCUT2D eigenvalue weighted by molar-refractivity contribution is -0.140. The maximum Gasteiger partial charge on any atom is 0.315 e. The number of nitrogens with zero attached hydrogens (tertiary/aromatic N) is 2. The zero-order chi connectivity index (χ0) is 38.1. The Bertz CT molecular complexity index is 1350. The first-order valence-corrected chi connectivity index (χ1v) is 19.0. The van der Waals surface area contributed by atoms with Crippen molar-refractivity contribution in [3.8, 4) is 0 Å². The average molecular weight is 713 g/mol. The molecule has 4 N–H and O–H groups in total. The summed E-state index contributed by atoms with van der Waals surface area (Å²) in [7, 11) is 0. The van der Waals surface area contributed by atoms with Gasteiger partial charge in [0.15, 0.2) is 5.78 Å². The largest absolute Gasteiger partial charge is 0.347 e. The number of hydrogen-bond donors (Lipinski definition) is 4. The summed E-state index contributed by atoms with van der Waals surface area (Å²) in [5, 5.41) is 11.6. The van der Waals surface area contributed by atoms with Crippen LogP contribution < -0.4 is 21.3 Å². The molecule has 5 atom stereocenters. The van der Waals surface area contributed by atoms with Crippen LogP contribution in [-0.4, -0.2) is 102 Å². The monoisotopic (exact) mass is 712 g/mol. The van der Waals surface area contributed by atoms with Gasteiger partial charge in [0.05, 0.1) is 30.7 Å². The molecule has 0 aromatic heterocycles. The van der Waals surface area contributed by atoms with Gasteiger partial charge in [0.25, 0.3) is 5.91 Å². The second-order valence-corrected chi connectivity index (χ2v) is 17.1. The van der Waals surface area contributed by atoms with Gasteiger partial charge in [0.1, 0.15) is 0 Å². The summed E-state index contributed by atoms with van der Waals surface area (Å²) in [5.74, 6) is -2.17. The van der Waals surface area contributed by atoms with Gasteiger partial charge >= 0.3 is 6.03 Å². The highest BCUT2D eigenvalue weighted by Gasteiger charge is 2.43. The van der Waals surface area contributed by atoms with Crippen molar-refractivity contribution in [2.45, 2.75) is 150 Å². The Kier molecular flexibility index (Phi) is 15.1. The smallest absolute Gasteiger partial charge is 0.315 e. The molecule has 1 saturated carbocycles. The molecule has 2 unspecified atom stereocenters. The van der Waals surface area contributed by atoms with Crippen LogP contribution in [0.3, 0.4) is 0 Å². The molecule has 12 heteroatoms. The van der Waals surface area contributed by atoms with Gasteiger partial charge in [-0.3, -0.25) is 28.9 Å². The van der Waals surface area contributed by atoms with Crippen molar-refractivity contribution in [2.75, 3.05) is 26.2 Å². The Morgan fingerprint density at radius 2 is 1.61 bits per heavy atom. The number of hydrogen-bond acceptors (Lipinski definition) is 7. The van der Waals surface area contributed by atoms with Gasteiger partial charge in [0.2, 0.25) is 17.6 Å². The van der Waals surface area contributed by atoms with Gasteiger partial charge in [0, 0.05) is 38.0 Å². The highest BCUT2D eigenvalue weighted by molar-refractivity contribution is 6.38. The summed E-state index contributed by atoms with van der Waals surface area (Å²) in [4.78, 5) is 83.8. The van der Waals surface area contributed by atoms with E-state index >= 15 is 0 Å². The quantitative estimate of drug-likeness (QED) is 0.139. The number of ketones is 2. The third-order valence-electron chi connectivity index (χ3n) is 10.0. The van der Waals surface area contributed by atoms with Crippen molar-refractivity contribution >= 4 is 35.3 Å². The molecule has 12 nitrogen and oxygen atoms in total. The maximum atomic E-state index is 14.1. The molecule has 2 heterocycles. The predicted octanol–water partition coefficient (Wildman–Crippen LogP) is 4.03. The van der Waals surface area contributed by atoms with Crippen LogP contribution in [0.25, 0.3) is 0 Å². The van der Waals surface area contributed by atoms with Crippen molar-refractivity contribution in [3.05, 3.63) is 17.4 Å². The Morgan fingerprint density at radius 3 is 2.18 bits per heavy atom. The molecule has 3 aliphatic rings. The molecule has 5 amide bonds. The molecule has 0 bridgehead atoms. The van der Waals surface area contributed by atoms with Crippen LogP contribution in [0.2, 0.25) is 0 Å². The molecule has 0 radical (unpaired) electrons. The van der Waals surface area contributed by atoms with E-state index in [1.165, 1.54) is 0 Å². The number of amides is 5. The second-order valence-electron chi connectivity index (χ2n) is 17.1. The minimum Gasteiger partial charge on any atom is -0.347 e. The van der Waals surface area contributed by atoms with E-state index in [2.05, 4.69) is 27.0 Å². The molecule has 2 saturated heterocycles. The van der Waals surface area contributed by atoms with Crippen LogP contribution in [-0.2, 0) is 24.0 Å². The van der Waals surface area contributed by atoms with Crippen LogP contribution in [0.1, 0.15) is 120 Å². The van der Waals surface area contributed by atoms with Gasteiger partial charge < -0.3 is 26.2 Å². The Balaban J connectivity index is 1.79. The molecule has 0 spiro atoms. The van der Waals surface area contributed by atoms with Crippen LogP contribution in [0, 0.1) is 16.7 Å². The van der Waals surface area contributed by atoms with Crippen LogP contribution in [0.5, 0.6) is 0 Å². The van der Waals surface area contributed by atoms with E-state index in [1.54, 1.807) is 0 Å². The average Bonchev–Trinajstić information content (AvgIpc) is 3.76. The standard InChI is InChI=1S/C39H64N6O6/c1-10-11-14-28(33(48)36(50)40-27-18-19-27)41-35(49)32-26(17-16-25(2)3)20-22-45(32)23-29(46)34(39(7,8)9)43-37(51)42-30(38(4,5)6)24-44-21-13-12-15-31(44)47/h17,26-28,30,32,34H,10-15,18-24H2,1-9H3,(H,40,50)(H,41,49)(H2,42,43,51)/t26?,28?,30-,32+,34-/m1/s1. The normalized spacial score (nSPS) is 21.5. The fraction of sp³-hybridized carbons (Fsp3) is 0.769. The zero-order valence-electron chi connectivity index (χ0n) is 32.6. The number of Topliss-reactive ketones (excluding diaryl/α,β-unsaturated/α-hetero) is 2. The highest BCUT2D eigenvalue weighted by Crippen LogP contribution is 2.29. The SMILES string of the molecule is CCCCC(NC(=O)[C@@H]1C(C=C=C(C)C)CCN1CC(=O)[C@@H](NC(=O)N[C@H](CN1CCCCC1=O)C(C)(C)C)C(C)(C)C)C(=O)C(=O)NC1CC1. The van der Waals surface area contributed by atoms with Gasteiger partial charge in [-0.15, -0.1) is 5.73 Å². The number of urea groups is 1. The molecule has 3 fully saturated rings. The Labute approximate surface area is 305 Å². The fourth-order valence-corrected chi connectivity index (χ4v) is 6.66. The lowest BCUT2D eigenvalue weighted by Crippen LogP contribution is -2.60. The van der Waals surface area contributed by atoms with Gasteiger partial charge in [-0.2, -0.15) is 0 Å². The summed E-state index contributed by atoms with van der Waals surface area (Å²) >= 11 is 0. The van der Waals surface area contributed by atoms with E-state index in [9.17, 15) is 28.8 Å².